The fourth-order valence-corrected chi connectivity index (χ4v) is 1.83. The Balaban J connectivity index is 2.01. The molecule has 0 saturated carbocycles. The lowest BCUT2D eigenvalue weighted by molar-refractivity contribution is -0.213. The van der Waals surface area contributed by atoms with Crippen LogP contribution < -0.4 is 0 Å². The van der Waals surface area contributed by atoms with Crippen molar-refractivity contribution >= 4 is 0 Å². The molecule has 0 aromatic carbocycles. The molecule has 7 heteroatoms. The van der Waals surface area contributed by atoms with Crippen LogP contribution in [0, 0.1) is 0 Å². The number of fused-ring (bicyclic) bond motifs is 1. The van der Waals surface area contributed by atoms with E-state index in [1.54, 1.807) is 13.8 Å². The number of aliphatic hydroxyl groups is 1. The van der Waals surface area contributed by atoms with E-state index in [1.807, 2.05) is 0 Å². The molecular weight excluding hydrogens is 202 g/mol. The molecule has 0 unspecified atom stereocenters. The Morgan fingerprint density at radius 2 is 2.20 bits per heavy atom. The summed E-state index contributed by atoms with van der Waals surface area (Å²) in [5.74, 6) is -0.736. The largest absolute Gasteiger partial charge is 0.387 e. The van der Waals surface area contributed by atoms with Gasteiger partial charge in [-0.2, -0.15) is 0 Å². The van der Waals surface area contributed by atoms with Crippen LogP contribution >= 0.6 is 0 Å². The first kappa shape index (κ1) is 10.7. The maximum absolute atomic E-state index is 9.80. The van der Waals surface area contributed by atoms with Crippen molar-refractivity contribution in [2.45, 2.75) is 44.2 Å². The first-order valence-corrected chi connectivity index (χ1v) is 4.73. The van der Waals surface area contributed by atoms with Crippen LogP contribution in [0.3, 0.4) is 0 Å². The first-order valence-electron chi connectivity index (χ1n) is 4.73. The Hall–Kier alpha value is -0.850. The smallest absolute Gasteiger partial charge is 0.190 e. The monoisotopic (exact) mass is 215 g/mol. The Morgan fingerprint density at radius 3 is 2.80 bits per heavy atom. The molecule has 0 radical (unpaired) electrons. The van der Waals surface area contributed by atoms with Crippen LogP contribution in [-0.4, -0.2) is 42.0 Å². The summed E-state index contributed by atoms with van der Waals surface area (Å²) < 4.78 is 16.3. The number of azide groups is 1. The molecule has 0 spiro atoms. The second kappa shape index (κ2) is 3.62. The maximum Gasteiger partial charge on any atom is 0.190 e. The highest BCUT2D eigenvalue weighted by molar-refractivity contribution is 4.93. The summed E-state index contributed by atoms with van der Waals surface area (Å²) in [6.45, 7) is 3.59. The Labute approximate surface area is 86.6 Å². The minimum absolute atomic E-state index is 0.0812. The molecule has 1 N–H and O–H groups in total. The van der Waals surface area contributed by atoms with E-state index in [-0.39, 0.29) is 6.54 Å². The highest BCUT2D eigenvalue weighted by Gasteiger charge is 2.53. The molecule has 0 amide bonds. The molecule has 15 heavy (non-hydrogen) atoms. The van der Waals surface area contributed by atoms with Gasteiger partial charge in [0.25, 0.3) is 0 Å². The third-order valence-corrected chi connectivity index (χ3v) is 2.44. The highest BCUT2D eigenvalue weighted by atomic mass is 16.8. The topological polar surface area (TPSA) is 96.7 Å². The van der Waals surface area contributed by atoms with Gasteiger partial charge in [-0.15, -0.1) is 0 Å². The van der Waals surface area contributed by atoms with Gasteiger partial charge in [-0.1, -0.05) is 5.11 Å². The van der Waals surface area contributed by atoms with Crippen LogP contribution in [0.4, 0.5) is 0 Å². The van der Waals surface area contributed by atoms with Gasteiger partial charge in [-0.25, -0.2) is 0 Å². The predicted octanol–water partition coefficient (Wildman–Crippen LogP) is 0.534. The van der Waals surface area contributed by atoms with Gasteiger partial charge in [-0.05, 0) is 19.4 Å². The Morgan fingerprint density at radius 1 is 1.47 bits per heavy atom. The minimum atomic E-state index is -0.817. The Kier molecular flexibility index (Phi) is 2.57. The van der Waals surface area contributed by atoms with Crippen molar-refractivity contribution in [2.75, 3.05) is 6.54 Å². The van der Waals surface area contributed by atoms with Gasteiger partial charge in [0.15, 0.2) is 12.1 Å². The van der Waals surface area contributed by atoms with Gasteiger partial charge < -0.3 is 19.3 Å². The van der Waals surface area contributed by atoms with Crippen LogP contribution in [0.5, 0.6) is 0 Å². The van der Waals surface area contributed by atoms with Crippen LogP contribution in [0.1, 0.15) is 13.8 Å². The summed E-state index contributed by atoms with van der Waals surface area (Å²) >= 11 is 0. The van der Waals surface area contributed by atoms with Gasteiger partial charge in [0.1, 0.15) is 12.2 Å². The van der Waals surface area contributed by atoms with Crippen LogP contribution in [0.25, 0.3) is 10.4 Å². The SMILES string of the molecule is CC1(C)O[C@H]2O[C@H](CN=[N+]=[N-])[C@@H](O)[C@@H]2O1. The molecule has 0 bridgehead atoms. The van der Waals surface area contributed by atoms with E-state index in [4.69, 9.17) is 19.7 Å². The summed E-state index contributed by atoms with van der Waals surface area (Å²) in [5.41, 5.74) is 8.16. The van der Waals surface area contributed by atoms with E-state index in [2.05, 4.69) is 10.0 Å². The van der Waals surface area contributed by atoms with E-state index >= 15 is 0 Å². The minimum Gasteiger partial charge on any atom is -0.387 e. The zero-order chi connectivity index (χ0) is 11.1. The van der Waals surface area contributed by atoms with E-state index in [0.29, 0.717) is 0 Å². The molecular formula is C8H13N3O4. The van der Waals surface area contributed by atoms with Crippen molar-refractivity contribution in [3.8, 4) is 0 Å². The molecule has 0 aromatic heterocycles. The molecule has 2 aliphatic heterocycles. The molecule has 2 heterocycles. The molecule has 2 fully saturated rings. The maximum atomic E-state index is 9.80. The lowest BCUT2D eigenvalue weighted by atomic mass is 10.1. The molecule has 84 valence electrons. The van der Waals surface area contributed by atoms with E-state index in [1.165, 1.54) is 0 Å². The third kappa shape index (κ3) is 1.92. The van der Waals surface area contributed by atoms with Crippen molar-refractivity contribution in [3.63, 3.8) is 0 Å². The summed E-state index contributed by atoms with van der Waals surface area (Å²) in [4.78, 5) is 2.61. The number of hydrogen-bond acceptors (Lipinski definition) is 5. The summed E-state index contributed by atoms with van der Waals surface area (Å²) in [6.07, 6.45) is -2.44. The standard InChI is InChI=1S/C8H13N3O4/c1-8(2)14-6-5(12)4(3-10-11-9)13-7(6)15-8/h4-7,12H,3H2,1-2H3/t4-,5-,6+,7-/m1/s1. The Bertz CT molecular complexity index is 302. The number of hydrogen-bond donors (Lipinski definition) is 1. The molecule has 0 aromatic rings. The van der Waals surface area contributed by atoms with Crippen LogP contribution in [0.2, 0.25) is 0 Å². The third-order valence-electron chi connectivity index (χ3n) is 2.44. The predicted molar refractivity (Wildman–Crippen MR) is 48.7 cm³/mol. The number of ether oxygens (including phenoxy) is 3. The highest BCUT2D eigenvalue weighted by Crippen LogP contribution is 2.37. The van der Waals surface area contributed by atoms with Crippen LogP contribution in [0.15, 0.2) is 5.11 Å². The van der Waals surface area contributed by atoms with Gasteiger partial charge in [0.05, 0.1) is 12.6 Å². The van der Waals surface area contributed by atoms with Gasteiger partial charge in [-0.3, -0.25) is 0 Å². The van der Waals surface area contributed by atoms with E-state index in [9.17, 15) is 5.11 Å². The van der Waals surface area contributed by atoms with Gasteiger partial charge in [0.2, 0.25) is 0 Å². The van der Waals surface area contributed by atoms with Crippen molar-refractivity contribution in [2.24, 2.45) is 5.11 Å². The molecule has 0 aliphatic carbocycles. The van der Waals surface area contributed by atoms with Gasteiger partial charge in [0, 0.05) is 4.91 Å². The quantitative estimate of drug-likeness (QED) is 0.413. The second-order valence-electron chi connectivity index (χ2n) is 4.05. The van der Waals surface area contributed by atoms with Crippen LogP contribution in [-0.2, 0) is 14.2 Å². The van der Waals surface area contributed by atoms with Gasteiger partial charge >= 0.3 is 0 Å². The molecule has 2 aliphatic rings. The zero-order valence-electron chi connectivity index (χ0n) is 8.53. The average molecular weight is 215 g/mol. The molecule has 7 nitrogen and oxygen atoms in total. The summed E-state index contributed by atoms with van der Waals surface area (Å²) in [7, 11) is 0. The second-order valence-corrected chi connectivity index (χ2v) is 4.05. The number of aliphatic hydroxyl groups excluding tert-OH is 1. The lowest BCUT2D eigenvalue weighted by Crippen LogP contribution is -2.35. The van der Waals surface area contributed by atoms with Crippen molar-refractivity contribution in [3.05, 3.63) is 10.4 Å². The number of rotatable bonds is 2. The van der Waals surface area contributed by atoms with Crippen molar-refractivity contribution in [1.29, 1.82) is 0 Å². The lowest BCUT2D eigenvalue weighted by Gasteiger charge is -2.21. The molecule has 4 atom stereocenters. The van der Waals surface area contributed by atoms with Crippen molar-refractivity contribution in [1.82, 2.24) is 0 Å². The summed E-state index contributed by atoms with van der Waals surface area (Å²) in [6, 6.07) is 0. The first-order chi connectivity index (χ1) is 7.03. The zero-order valence-corrected chi connectivity index (χ0v) is 8.53. The fourth-order valence-electron chi connectivity index (χ4n) is 1.83. The van der Waals surface area contributed by atoms with E-state index < -0.39 is 30.4 Å². The summed E-state index contributed by atoms with van der Waals surface area (Å²) in [5, 5.41) is 13.2. The van der Waals surface area contributed by atoms with E-state index in [0.717, 1.165) is 0 Å². The molecule has 2 saturated heterocycles. The average Bonchev–Trinajstić information content (AvgIpc) is 2.58. The molecule has 2 rings (SSSR count). The normalized spacial score (nSPS) is 42.3. The van der Waals surface area contributed by atoms with Crippen molar-refractivity contribution < 1.29 is 19.3 Å². The fraction of sp³-hybridized carbons (Fsp3) is 1.00. The number of nitrogens with zero attached hydrogens (tertiary/aromatic N) is 3.